The molecule has 0 amide bonds. The Kier molecular flexibility index (Phi) is 7.88. The minimum Gasteiger partial charge on any atom is -0.619 e. The summed E-state index contributed by atoms with van der Waals surface area (Å²) < 4.78 is 18.2. The molecule has 1 unspecified atom stereocenters. The van der Waals surface area contributed by atoms with Crippen molar-refractivity contribution >= 4 is 34.9 Å². The van der Waals surface area contributed by atoms with Crippen molar-refractivity contribution in [2.75, 3.05) is 12.8 Å². The van der Waals surface area contributed by atoms with Gasteiger partial charge in [0.25, 0.3) is 0 Å². The topological polar surface area (TPSA) is 97.7 Å². The number of halogens is 2. The minimum absolute atomic E-state index is 0.112. The fraction of sp³-hybridized carbons (Fsp3) is 0.308. The van der Waals surface area contributed by atoms with E-state index in [-0.39, 0.29) is 22.6 Å². The number of nitrogens with zero attached hydrogens (tertiary/aromatic N) is 1. The van der Waals surface area contributed by atoms with Gasteiger partial charge >= 0.3 is 5.97 Å². The van der Waals surface area contributed by atoms with E-state index in [0.717, 1.165) is 25.7 Å². The molecule has 4 rings (SSSR count). The summed E-state index contributed by atoms with van der Waals surface area (Å²) in [5.74, 6) is 0.631. The summed E-state index contributed by atoms with van der Waals surface area (Å²) in [6, 6.07) is 11.9. The molecule has 9 heteroatoms. The first-order valence-corrected chi connectivity index (χ1v) is 12.1. The molecule has 1 aliphatic carbocycles. The maximum Gasteiger partial charge on any atom is 0.338 e. The van der Waals surface area contributed by atoms with Gasteiger partial charge < -0.3 is 25.2 Å². The van der Waals surface area contributed by atoms with Crippen LogP contribution in [0.1, 0.15) is 53.3 Å². The summed E-state index contributed by atoms with van der Waals surface area (Å²) in [6.07, 6.45) is 6.12. The zero-order valence-electron chi connectivity index (χ0n) is 19.2. The van der Waals surface area contributed by atoms with Crippen LogP contribution in [0.15, 0.2) is 54.9 Å². The van der Waals surface area contributed by atoms with Crippen molar-refractivity contribution in [2.45, 2.75) is 44.3 Å². The molecular formula is C26H26Cl2N2O5. The molecule has 1 saturated carbocycles. The van der Waals surface area contributed by atoms with Crippen LogP contribution in [-0.4, -0.2) is 19.2 Å². The standard InChI is InChI=1S/C26H26Cl2N2O5/c1-33-23-11-8-17(12-25(23)34-19-4-2-3-5-19)24(13-20-21(27)14-30(32)15-22(20)28)35-26(31)16-6-9-18(29)10-7-16/h6-12,14-15,19,24H,2-5,13,29H2,1H3. The number of hydrogen-bond acceptors (Lipinski definition) is 6. The number of nitrogens with two attached hydrogens (primary N) is 1. The highest BCUT2D eigenvalue weighted by atomic mass is 35.5. The number of rotatable bonds is 8. The van der Waals surface area contributed by atoms with Crippen LogP contribution in [0.2, 0.25) is 10.0 Å². The normalized spacial score (nSPS) is 14.5. The summed E-state index contributed by atoms with van der Waals surface area (Å²) in [7, 11) is 1.58. The van der Waals surface area contributed by atoms with Crippen LogP contribution in [0.4, 0.5) is 5.69 Å². The van der Waals surface area contributed by atoms with E-state index in [9.17, 15) is 10.0 Å². The molecule has 1 heterocycles. The Bertz CT molecular complexity index is 1170. The first kappa shape index (κ1) is 24.9. The molecule has 2 N–H and O–H groups in total. The number of ether oxygens (including phenoxy) is 3. The molecule has 0 spiro atoms. The number of nitrogen functional groups attached to an aromatic ring is 1. The molecule has 0 aliphatic heterocycles. The molecule has 2 aromatic carbocycles. The van der Waals surface area contributed by atoms with E-state index in [1.54, 1.807) is 43.5 Å². The molecule has 7 nitrogen and oxygen atoms in total. The van der Waals surface area contributed by atoms with Crippen LogP contribution in [0.5, 0.6) is 11.5 Å². The van der Waals surface area contributed by atoms with Crippen molar-refractivity contribution in [1.82, 2.24) is 0 Å². The van der Waals surface area contributed by atoms with E-state index in [1.807, 2.05) is 6.07 Å². The Labute approximate surface area is 213 Å². The summed E-state index contributed by atoms with van der Waals surface area (Å²) in [4.78, 5) is 13.0. The Morgan fingerprint density at radius 3 is 2.37 bits per heavy atom. The molecule has 0 bridgehead atoms. The first-order valence-electron chi connectivity index (χ1n) is 11.3. The summed E-state index contributed by atoms with van der Waals surface area (Å²) in [5, 5.41) is 12.1. The van der Waals surface area contributed by atoms with Crippen LogP contribution in [0.3, 0.4) is 0 Å². The Hall–Kier alpha value is -3.16. The van der Waals surface area contributed by atoms with Gasteiger partial charge in [0.05, 0.1) is 18.8 Å². The van der Waals surface area contributed by atoms with Gasteiger partial charge in [-0.3, -0.25) is 0 Å². The summed E-state index contributed by atoms with van der Waals surface area (Å²) in [6.45, 7) is 0. The van der Waals surface area contributed by atoms with Crippen LogP contribution < -0.4 is 19.9 Å². The lowest BCUT2D eigenvalue weighted by atomic mass is 10.0. The maximum absolute atomic E-state index is 13.0. The van der Waals surface area contributed by atoms with Gasteiger partial charge in [0.2, 0.25) is 0 Å². The Morgan fingerprint density at radius 2 is 1.74 bits per heavy atom. The highest BCUT2D eigenvalue weighted by Crippen LogP contribution is 2.37. The number of carbonyl (C=O) groups is 1. The van der Waals surface area contributed by atoms with Gasteiger partial charge in [-0.1, -0.05) is 29.3 Å². The summed E-state index contributed by atoms with van der Waals surface area (Å²) >= 11 is 12.7. The van der Waals surface area contributed by atoms with Crippen molar-refractivity contribution in [3.63, 3.8) is 0 Å². The third kappa shape index (κ3) is 6.10. The molecule has 3 aromatic rings. The van der Waals surface area contributed by atoms with Gasteiger partial charge in [0, 0.05) is 17.7 Å². The minimum atomic E-state index is -0.769. The van der Waals surface area contributed by atoms with Crippen LogP contribution >= 0.6 is 23.2 Å². The monoisotopic (exact) mass is 516 g/mol. The van der Waals surface area contributed by atoms with E-state index in [4.69, 9.17) is 43.1 Å². The predicted octanol–water partition coefficient (Wildman–Crippen LogP) is 5.68. The van der Waals surface area contributed by atoms with Gasteiger partial charge in [-0.15, -0.1) is 0 Å². The number of carbonyl (C=O) groups excluding carboxylic acids is 1. The second kappa shape index (κ2) is 11.1. The van der Waals surface area contributed by atoms with Crippen LogP contribution in [0.25, 0.3) is 0 Å². The molecular weight excluding hydrogens is 491 g/mol. The SMILES string of the molecule is COc1ccc(C(Cc2c(Cl)c[n+]([O-])cc2Cl)OC(=O)c2ccc(N)cc2)cc1OC1CCCC1. The maximum atomic E-state index is 13.0. The highest BCUT2D eigenvalue weighted by molar-refractivity contribution is 6.35. The predicted molar refractivity (Wildman–Crippen MR) is 134 cm³/mol. The molecule has 0 radical (unpaired) electrons. The molecule has 0 saturated heterocycles. The van der Waals surface area contributed by atoms with Gasteiger partial charge in [0.1, 0.15) is 16.1 Å². The number of esters is 1. The molecule has 35 heavy (non-hydrogen) atoms. The van der Waals surface area contributed by atoms with E-state index in [1.165, 1.54) is 12.4 Å². The lowest BCUT2D eigenvalue weighted by Gasteiger charge is -2.22. The lowest BCUT2D eigenvalue weighted by Crippen LogP contribution is -2.25. The number of anilines is 1. The second-order valence-electron chi connectivity index (χ2n) is 8.45. The van der Waals surface area contributed by atoms with Crippen molar-refractivity contribution in [3.8, 4) is 11.5 Å². The van der Waals surface area contributed by atoms with Gasteiger partial charge in [0.15, 0.2) is 23.9 Å². The second-order valence-corrected chi connectivity index (χ2v) is 9.26. The number of methoxy groups -OCH3 is 1. The highest BCUT2D eigenvalue weighted by Gasteiger charge is 2.25. The van der Waals surface area contributed by atoms with E-state index < -0.39 is 12.1 Å². The van der Waals surface area contributed by atoms with Gasteiger partial charge in [-0.2, -0.15) is 4.73 Å². The third-order valence-electron chi connectivity index (χ3n) is 6.00. The largest absolute Gasteiger partial charge is 0.619 e. The van der Waals surface area contributed by atoms with Crippen molar-refractivity contribution in [1.29, 1.82) is 0 Å². The smallest absolute Gasteiger partial charge is 0.338 e. The van der Waals surface area contributed by atoms with Crippen molar-refractivity contribution < 1.29 is 23.7 Å². The first-order chi connectivity index (χ1) is 16.8. The van der Waals surface area contributed by atoms with Gasteiger partial charge in [-0.05, 0) is 67.6 Å². The quantitative estimate of drug-likeness (QED) is 0.179. The van der Waals surface area contributed by atoms with E-state index in [2.05, 4.69) is 0 Å². The molecule has 1 fully saturated rings. The zero-order valence-corrected chi connectivity index (χ0v) is 20.7. The van der Waals surface area contributed by atoms with Gasteiger partial charge in [-0.25, -0.2) is 4.79 Å². The Balaban J connectivity index is 1.69. The van der Waals surface area contributed by atoms with Crippen LogP contribution in [0, 0.1) is 5.21 Å². The Morgan fingerprint density at radius 1 is 1.09 bits per heavy atom. The van der Waals surface area contributed by atoms with Crippen molar-refractivity contribution in [3.05, 3.63) is 86.8 Å². The van der Waals surface area contributed by atoms with Crippen molar-refractivity contribution in [2.24, 2.45) is 0 Å². The fourth-order valence-electron chi connectivity index (χ4n) is 4.13. The third-order valence-corrected chi connectivity index (χ3v) is 6.65. The molecule has 1 aromatic heterocycles. The number of pyridine rings is 1. The summed E-state index contributed by atoms with van der Waals surface area (Å²) in [5.41, 5.74) is 7.80. The fourth-order valence-corrected chi connectivity index (χ4v) is 4.73. The number of aromatic nitrogens is 1. The molecule has 1 atom stereocenters. The van der Waals surface area contributed by atoms with E-state index >= 15 is 0 Å². The average Bonchev–Trinajstić information content (AvgIpc) is 3.34. The molecule has 1 aliphatic rings. The lowest BCUT2D eigenvalue weighted by molar-refractivity contribution is -0.605. The van der Waals surface area contributed by atoms with Crippen LogP contribution in [-0.2, 0) is 11.2 Å². The number of benzene rings is 2. The van der Waals surface area contributed by atoms with E-state index in [0.29, 0.717) is 38.6 Å². The number of hydrogen-bond donors (Lipinski definition) is 1. The average molecular weight is 517 g/mol. The zero-order chi connectivity index (χ0) is 24.9. The molecule has 184 valence electrons.